The van der Waals surface area contributed by atoms with Crippen LogP contribution < -0.4 is 5.73 Å². The van der Waals surface area contributed by atoms with Gasteiger partial charge < -0.3 is 10.3 Å². The normalized spacial score (nSPS) is 11.4. The van der Waals surface area contributed by atoms with Gasteiger partial charge in [-0.2, -0.15) is 5.10 Å². The van der Waals surface area contributed by atoms with Gasteiger partial charge >= 0.3 is 0 Å². The van der Waals surface area contributed by atoms with E-state index < -0.39 is 0 Å². The number of rotatable bonds is 4. The standard InChI is InChI=1S/C15H18BrN5/c1-10-14(16)13(20(2)19-10)9-21-8-11(5-6-17)12-4-3-7-18-15(12)21/h3-4,7-8H,5-6,9,17H2,1-2H3. The second kappa shape index (κ2) is 5.61. The largest absolute Gasteiger partial charge is 0.330 e. The SMILES string of the molecule is Cc1nn(C)c(Cn2cc(CCN)c3cccnc32)c1Br. The molecular weight excluding hydrogens is 330 g/mol. The minimum absolute atomic E-state index is 0.641. The summed E-state index contributed by atoms with van der Waals surface area (Å²) in [6.07, 6.45) is 4.84. The molecule has 0 spiro atoms. The van der Waals surface area contributed by atoms with Crippen LogP contribution in [0.4, 0.5) is 0 Å². The molecule has 3 aromatic heterocycles. The van der Waals surface area contributed by atoms with Crippen LogP contribution in [0.1, 0.15) is 17.0 Å². The fraction of sp³-hybridized carbons (Fsp3) is 0.333. The van der Waals surface area contributed by atoms with Gasteiger partial charge in [0.15, 0.2) is 0 Å². The number of nitrogens with zero attached hydrogens (tertiary/aromatic N) is 4. The van der Waals surface area contributed by atoms with Crippen molar-refractivity contribution in [2.45, 2.75) is 19.9 Å². The van der Waals surface area contributed by atoms with E-state index in [9.17, 15) is 0 Å². The minimum atomic E-state index is 0.641. The molecule has 0 radical (unpaired) electrons. The lowest BCUT2D eigenvalue weighted by molar-refractivity contribution is 0.668. The van der Waals surface area contributed by atoms with Crippen molar-refractivity contribution in [3.05, 3.63) is 46.0 Å². The Morgan fingerprint density at radius 3 is 2.86 bits per heavy atom. The van der Waals surface area contributed by atoms with Crippen LogP contribution in [0.5, 0.6) is 0 Å². The molecular formula is C15H18BrN5. The van der Waals surface area contributed by atoms with Crippen molar-refractivity contribution >= 4 is 27.0 Å². The second-order valence-corrected chi connectivity index (χ2v) is 5.96. The highest BCUT2D eigenvalue weighted by Crippen LogP contribution is 2.25. The van der Waals surface area contributed by atoms with Crippen LogP contribution >= 0.6 is 15.9 Å². The van der Waals surface area contributed by atoms with E-state index in [2.05, 4.69) is 42.8 Å². The van der Waals surface area contributed by atoms with E-state index in [1.54, 1.807) is 0 Å². The molecule has 0 saturated carbocycles. The zero-order chi connectivity index (χ0) is 15.0. The Kier molecular flexibility index (Phi) is 3.82. The van der Waals surface area contributed by atoms with Gasteiger partial charge in [-0.05, 0) is 53.5 Å². The van der Waals surface area contributed by atoms with Crippen molar-refractivity contribution in [2.75, 3.05) is 6.54 Å². The molecule has 0 unspecified atom stereocenters. The third kappa shape index (κ3) is 2.49. The third-order valence-electron chi connectivity index (χ3n) is 3.71. The van der Waals surface area contributed by atoms with Crippen molar-refractivity contribution in [3.63, 3.8) is 0 Å². The van der Waals surface area contributed by atoms with Gasteiger partial charge in [-0.3, -0.25) is 4.68 Å². The highest BCUT2D eigenvalue weighted by Gasteiger charge is 2.14. The first-order valence-corrected chi connectivity index (χ1v) is 7.72. The van der Waals surface area contributed by atoms with E-state index in [0.717, 1.165) is 34.5 Å². The molecule has 110 valence electrons. The number of nitrogens with two attached hydrogens (primary N) is 1. The lowest BCUT2D eigenvalue weighted by Crippen LogP contribution is -2.06. The van der Waals surface area contributed by atoms with Crippen molar-refractivity contribution in [2.24, 2.45) is 12.8 Å². The van der Waals surface area contributed by atoms with E-state index in [1.165, 1.54) is 10.9 Å². The average molecular weight is 348 g/mol. The van der Waals surface area contributed by atoms with Gasteiger partial charge in [-0.25, -0.2) is 4.98 Å². The summed E-state index contributed by atoms with van der Waals surface area (Å²) >= 11 is 3.62. The summed E-state index contributed by atoms with van der Waals surface area (Å²) in [5, 5.41) is 5.62. The summed E-state index contributed by atoms with van der Waals surface area (Å²) < 4.78 is 5.14. The summed E-state index contributed by atoms with van der Waals surface area (Å²) in [5.74, 6) is 0. The molecule has 0 aromatic carbocycles. The van der Waals surface area contributed by atoms with Gasteiger partial charge in [-0.1, -0.05) is 0 Å². The molecule has 3 aromatic rings. The van der Waals surface area contributed by atoms with Crippen LogP contribution in [-0.2, 0) is 20.0 Å². The first-order valence-electron chi connectivity index (χ1n) is 6.92. The van der Waals surface area contributed by atoms with Crippen molar-refractivity contribution in [1.29, 1.82) is 0 Å². The lowest BCUT2D eigenvalue weighted by atomic mass is 10.2. The topological polar surface area (TPSA) is 61.7 Å². The number of halogens is 1. The van der Waals surface area contributed by atoms with Crippen LogP contribution in [-0.4, -0.2) is 25.9 Å². The summed E-state index contributed by atoms with van der Waals surface area (Å²) in [6, 6.07) is 4.07. The molecule has 0 amide bonds. The Morgan fingerprint density at radius 1 is 1.38 bits per heavy atom. The predicted molar refractivity (Wildman–Crippen MR) is 87.2 cm³/mol. The van der Waals surface area contributed by atoms with Crippen molar-refractivity contribution in [1.82, 2.24) is 19.3 Å². The summed E-state index contributed by atoms with van der Waals surface area (Å²) in [6.45, 7) is 3.37. The molecule has 3 heterocycles. The molecule has 6 heteroatoms. The van der Waals surface area contributed by atoms with Crippen LogP contribution in [0.2, 0.25) is 0 Å². The smallest absolute Gasteiger partial charge is 0.140 e. The monoisotopic (exact) mass is 347 g/mol. The van der Waals surface area contributed by atoms with Crippen molar-refractivity contribution in [3.8, 4) is 0 Å². The van der Waals surface area contributed by atoms with Crippen molar-refractivity contribution < 1.29 is 0 Å². The molecule has 0 aliphatic rings. The number of hydrogen-bond donors (Lipinski definition) is 1. The molecule has 3 rings (SSSR count). The van der Waals surface area contributed by atoms with Crippen LogP contribution in [0.3, 0.4) is 0 Å². The summed E-state index contributed by atoms with van der Waals surface area (Å²) in [7, 11) is 1.97. The third-order valence-corrected chi connectivity index (χ3v) is 4.74. The average Bonchev–Trinajstić information content (AvgIpc) is 2.93. The molecule has 0 aliphatic heterocycles. The zero-order valence-electron chi connectivity index (χ0n) is 12.2. The van der Waals surface area contributed by atoms with Gasteiger partial charge in [0.05, 0.1) is 22.4 Å². The quantitative estimate of drug-likeness (QED) is 0.788. The van der Waals surface area contributed by atoms with E-state index in [1.807, 2.05) is 30.9 Å². The fourth-order valence-electron chi connectivity index (χ4n) is 2.68. The first kappa shape index (κ1) is 14.3. The van der Waals surface area contributed by atoms with Gasteiger partial charge in [0.1, 0.15) is 5.65 Å². The molecule has 21 heavy (non-hydrogen) atoms. The van der Waals surface area contributed by atoms with Gasteiger partial charge in [0.25, 0.3) is 0 Å². The summed E-state index contributed by atoms with van der Waals surface area (Å²) in [5.41, 5.74) is 10.1. The Hall–Kier alpha value is -1.66. The first-order chi connectivity index (χ1) is 10.1. The predicted octanol–water partition coefficient (Wildman–Crippen LogP) is 2.39. The highest BCUT2D eigenvalue weighted by atomic mass is 79.9. The molecule has 0 atom stereocenters. The number of aryl methyl sites for hydroxylation is 2. The Morgan fingerprint density at radius 2 is 2.19 bits per heavy atom. The molecule has 0 saturated heterocycles. The molecule has 2 N–H and O–H groups in total. The molecule has 0 bridgehead atoms. The van der Waals surface area contributed by atoms with E-state index in [4.69, 9.17) is 5.73 Å². The Labute approximate surface area is 131 Å². The van der Waals surface area contributed by atoms with E-state index in [0.29, 0.717) is 6.54 Å². The van der Waals surface area contributed by atoms with Crippen LogP contribution in [0.15, 0.2) is 29.0 Å². The second-order valence-electron chi connectivity index (χ2n) is 5.17. The molecule has 0 aliphatic carbocycles. The van der Waals surface area contributed by atoms with Gasteiger partial charge in [-0.15, -0.1) is 0 Å². The molecule has 0 fully saturated rings. The van der Waals surface area contributed by atoms with Crippen LogP contribution in [0.25, 0.3) is 11.0 Å². The Balaban J connectivity index is 2.08. The molecule has 5 nitrogen and oxygen atoms in total. The van der Waals surface area contributed by atoms with Gasteiger partial charge in [0.2, 0.25) is 0 Å². The van der Waals surface area contributed by atoms with Gasteiger partial charge in [0, 0.05) is 24.8 Å². The summed E-state index contributed by atoms with van der Waals surface area (Å²) in [4.78, 5) is 4.52. The maximum absolute atomic E-state index is 5.71. The fourth-order valence-corrected chi connectivity index (χ4v) is 3.15. The highest BCUT2D eigenvalue weighted by molar-refractivity contribution is 9.10. The number of fused-ring (bicyclic) bond motifs is 1. The van der Waals surface area contributed by atoms with E-state index >= 15 is 0 Å². The number of aromatic nitrogens is 4. The van der Waals surface area contributed by atoms with E-state index in [-0.39, 0.29) is 0 Å². The van der Waals surface area contributed by atoms with Crippen LogP contribution in [0, 0.1) is 6.92 Å². The number of pyridine rings is 1. The zero-order valence-corrected chi connectivity index (χ0v) is 13.8. The maximum atomic E-state index is 5.71. The maximum Gasteiger partial charge on any atom is 0.140 e. The minimum Gasteiger partial charge on any atom is -0.330 e. The lowest BCUT2D eigenvalue weighted by Gasteiger charge is -2.06. The number of hydrogen-bond acceptors (Lipinski definition) is 3. The Bertz CT molecular complexity index is 787.